The van der Waals surface area contributed by atoms with Gasteiger partial charge in [-0.1, -0.05) is 66.7 Å². The summed E-state index contributed by atoms with van der Waals surface area (Å²) in [6, 6.07) is 27.9. The summed E-state index contributed by atoms with van der Waals surface area (Å²) >= 11 is 3.67. The van der Waals surface area contributed by atoms with Crippen molar-refractivity contribution in [1.82, 2.24) is 19.6 Å². The van der Waals surface area contributed by atoms with Crippen LogP contribution < -0.4 is 16.1 Å². The van der Waals surface area contributed by atoms with E-state index in [2.05, 4.69) is 163 Å². The van der Waals surface area contributed by atoms with Crippen molar-refractivity contribution in [3.8, 4) is 20.9 Å². The number of hydrogen-bond donors (Lipinski definition) is 0. The predicted octanol–water partition coefficient (Wildman–Crippen LogP) is 10.7. The molecule has 7 aromatic rings. The van der Waals surface area contributed by atoms with Crippen LogP contribution in [0.5, 0.6) is 0 Å². The Balaban J connectivity index is 0.00000469. The summed E-state index contributed by atoms with van der Waals surface area (Å²) in [5.74, 6) is 1.72. The van der Waals surface area contributed by atoms with Crippen molar-refractivity contribution >= 4 is 73.7 Å². The van der Waals surface area contributed by atoms with E-state index in [0.29, 0.717) is 0 Å². The van der Waals surface area contributed by atoms with Crippen LogP contribution in [0.2, 0.25) is 0 Å². The molecule has 9 rings (SSSR count). The molecule has 3 aromatic carbocycles. The van der Waals surface area contributed by atoms with Gasteiger partial charge in [-0.2, -0.15) is 0 Å². The monoisotopic (exact) mass is 976 g/mol. The smallest absolute Gasteiger partial charge is 0.470 e. The van der Waals surface area contributed by atoms with Crippen LogP contribution in [0.25, 0.3) is 51.5 Å². The first-order valence-electron chi connectivity index (χ1n) is 19.5. The molecule has 7 nitrogen and oxygen atoms in total. The Morgan fingerprint density at radius 1 is 0.534 bits per heavy atom. The Bertz CT molecular complexity index is 2600. The van der Waals surface area contributed by atoms with Gasteiger partial charge in [0.25, 0.3) is 0 Å². The normalized spacial score (nSPS) is 14.2. The summed E-state index contributed by atoms with van der Waals surface area (Å²) in [6.45, 7) is 17.0. The van der Waals surface area contributed by atoms with Crippen LogP contribution in [0.15, 0.2) is 114 Å². The van der Waals surface area contributed by atoms with E-state index in [1.54, 1.807) is 0 Å². The van der Waals surface area contributed by atoms with E-state index >= 15 is 0 Å². The minimum atomic E-state index is -0.303. The molecule has 0 radical (unpaired) electrons. The van der Waals surface area contributed by atoms with Crippen LogP contribution in [-0.2, 0) is 21.1 Å². The molecule has 292 valence electrons. The molecule has 0 atom stereocenters. The SMILES string of the molecule is CC1=C(N(C2=C(C)N(C)B(c3nccc4c(C)c(-c5c(C)cccc5C)sc34)[N-]2)c2ccccc2)[N-]B(c2nccc3c(C)c(-c4c(C)cccc4C)sc23)N1C.[Pt+2]. The van der Waals surface area contributed by atoms with Crippen LogP contribution in [0.3, 0.4) is 0 Å². The Morgan fingerprint density at radius 2 is 0.931 bits per heavy atom. The van der Waals surface area contributed by atoms with Gasteiger partial charge in [-0.05, 0) is 166 Å². The summed E-state index contributed by atoms with van der Waals surface area (Å²) in [5, 5.41) is 13.6. The summed E-state index contributed by atoms with van der Waals surface area (Å²) in [6.07, 6.45) is 3.89. The molecule has 2 aliphatic heterocycles. The Kier molecular flexibility index (Phi) is 10.6. The zero-order valence-electron chi connectivity index (χ0n) is 34.6. The maximum atomic E-state index is 5.56. The second-order valence-electron chi connectivity index (χ2n) is 15.5. The molecule has 0 aliphatic carbocycles. The molecule has 12 heteroatoms. The summed E-state index contributed by atoms with van der Waals surface area (Å²) < 4.78 is 2.36. The molecule has 2 aliphatic rings. The Hall–Kier alpha value is -4.82. The first-order chi connectivity index (χ1) is 27.5. The molecule has 0 N–H and O–H groups in total. The molecule has 58 heavy (non-hydrogen) atoms. The third kappa shape index (κ3) is 6.29. The summed E-state index contributed by atoms with van der Waals surface area (Å²) in [5.41, 5.74) is 15.4. The van der Waals surface area contributed by atoms with E-state index in [-0.39, 0.29) is 35.0 Å². The van der Waals surface area contributed by atoms with E-state index < -0.39 is 0 Å². The van der Waals surface area contributed by atoms with Crippen LogP contribution in [-0.4, -0.2) is 47.7 Å². The first-order valence-corrected chi connectivity index (χ1v) is 21.1. The Morgan fingerprint density at radius 3 is 1.33 bits per heavy atom. The number of allylic oxidation sites excluding steroid dienone is 2. The number of anilines is 1. The number of pyridine rings is 2. The number of aryl methyl sites for hydroxylation is 6. The molecule has 0 saturated heterocycles. The minimum Gasteiger partial charge on any atom is -0.470 e. The summed E-state index contributed by atoms with van der Waals surface area (Å²) in [4.78, 5) is 19.5. The number of fused-ring (bicyclic) bond motifs is 2. The van der Waals surface area contributed by atoms with Crippen LogP contribution in [0, 0.1) is 41.5 Å². The van der Waals surface area contributed by atoms with E-state index in [4.69, 9.17) is 20.4 Å². The van der Waals surface area contributed by atoms with Gasteiger partial charge in [0, 0.05) is 42.7 Å². The number of hydrogen-bond acceptors (Lipinski definition) is 7. The van der Waals surface area contributed by atoms with Gasteiger partial charge in [-0.15, -0.1) is 22.7 Å². The fourth-order valence-electron chi connectivity index (χ4n) is 8.65. The van der Waals surface area contributed by atoms with E-state index in [1.165, 1.54) is 74.4 Å². The van der Waals surface area contributed by atoms with Crippen molar-refractivity contribution in [2.75, 3.05) is 19.0 Å². The summed E-state index contributed by atoms with van der Waals surface area (Å²) in [7, 11) is 4.26. The second kappa shape index (κ2) is 15.4. The van der Waals surface area contributed by atoms with Crippen molar-refractivity contribution in [3.63, 3.8) is 0 Å². The molecule has 0 amide bonds. The van der Waals surface area contributed by atoms with Gasteiger partial charge in [0.15, 0.2) is 0 Å². The van der Waals surface area contributed by atoms with Crippen molar-refractivity contribution in [3.05, 3.63) is 158 Å². The number of benzene rings is 3. The van der Waals surface area contributed by atoms with Gasteiger partial charge in [-0.3, -0.25) is 9.97 Å². The Labute approximate surface area is 365 Å². The van der Waals surface area contributed by atoms with E-state index in [1.807, 2.05) is 35.1 Å². The van der Waals surface area contributed by atoms with Gasteiger partial charge < -0.3 is 25.0 Å². The number of rotatable bonds is 7. The third-order valence-corrected chi connectivity index (χ3v) is 14.7. The fraction of sp³-hybridized carbons (Fsp3) is 0.217. The molecule has 0 unspecified atom stereocenters. The van der Waals surface area contributed by atoms with Gasteiger partial charge in [0.2, 0.25) is 0 Å². The number of nitrogens with zero attached hydrogens (tertiary/aromatic N) is 7. The zero-order chi connectivity index (χ0) is 39.9. The van der Waals surface area contributed by atoms with Crippen molar-refractivity contribution in [1.29, 1.82) is 0 Å². The number of thiophene rings is 2. The molecule has 0 fully saturated rings. The van der Waals surface area contributed by atoms with Gasteiger partial charge in [0.1, 0.15) is 0 Å². The van der Waals surface area contributed by atoms with Gasteiger partial charge in [-0.25, -0.2) is 0 Å². The second-order valence-corrected chi connectivity index (χ2v) is 17.5. The molecule has 0 bridgehead atoms. The first kappa shape index (κ1) is 40.0. The van der Waals surface area contributed by atoms with Crippen molar-refractivity contribution in [2.24, 2.45) is 0 Å². The van der Waals surface area contributed by atoms with Crippen molar-refractivity contribution in [2.45, 2.75) is 55.4 Å². The average molecular weight is 977 g/mol. The largest absolute Gasteiger partial charge is 2.00 e. The van der Waals surface area contributed by atoms with Crippen LogP contribution in [0.4, 0.5) is 5.69 Å². The average Bonchev–Trinajstić information content (AvgIpc) is 3.90. The topological polar surface area (TPSA) is 63.7 Å². The fourth-order valence-corrected chi connectivity index (χ4v) is 11.6. The molecule has 4 aromatic heterocycles. The van der Waals surface area contributed by atoms with E-state index in [0.717, 1.165) is 39.9 Å². The zero-order valence-corrected chi connectivity index (χ0v) is 38.5. The maximum Gasteiger partial charge on any atom is 2.00 e. The quantitative estimate of drug-likeness (QED) is 0.149. The van der Waals surface area contributed by atoms with Crippen LogP contribution in [0.1, 0.15) is 47.2 Å². The molecule has 6 heterocycles. The van der Waals surface area contributed by atoms with Crippen molar-refractivity contribution < 1.29 is 21.1 Å². The predicted molar refractivity (Wildman–Crippen MR) is 246 cm³/mol. The number of aromatic nitrogens is 2. The maximum absolute atomic E-state index is 5.56. The van der Waals surface area contributed by atoms with E-state index in [9.17, 15) is 0 Å². The van der Waals surface area contributed by atoms with Crippen LogP contribution >= 0.6 is 22.7 Å². The third-order valence-electron chi connectivity index (χ3n) is 12.0. The number of para-hydroxylation sites is 1. The van der Waals surface area contributed by atoms with Gasteiger partial charge in [0.05, 0.1) is 0 Å². The standard InChI is InChI=1S/C46H45B2N7S2.Pt/c1-26-16-14-17-27(2)37(26)39-30(5)35-22-24-49-43(41(35)56-39)47-51-45(32(7)53(47)9)55(34-20-12-11-13-21-34)46-33(8)54(10)48(52-46)44-42-36(23-25-50-44)31(6)40(57-42)38-28(3)18-15-19-29(38)4;/h11-25H,1-10H3;/q-2;+2. The van der Waals surface area contributed by atoms with Gasteiger partial charge >= 0.3 is 35.0 Å². The molecular formula is C46H45B2N7PtS2. The molecular weight excluding hydrogens is 931 g/mol. The molecule has 0 saturated carbocycles. The minimum absolute atomic E-state index is 0. The molecule has 0 spiro atoms.